The molecule has 0 unspecified atom stereocenters. The topological polar surface area (TPSA) is 91.4 Å². The summed E-state index contributed by atoms with van der Waals surface area (Å²) in [5.41, 5.74) is 1.57. The van der Waals surface area contributed by atoms with Crippen molar-refractivity contribution in [2.75, 3.05) is 38.2 Å². The molecule has 1 atom stereocenters. The minimum Gasteiger partial charge on any atom is -0.382 e. The van der Waals surface area contributed by atoms with Crippen molar-refractivity contribution in [2.45, 2.75) is 6.04 Å². The normalized spacial score (nSPS) is 15.7. The zero-order chi connectivity index (χ0) is 19.2. The van der Waals surface area contributed by atoms with Crippen LogP contribution < -0.4 is 5.32 Å². The largest absolute Gasteiger partial charge is 0.382 e. The molecule has 27 heavy (non-hydrogen) atoms. The van der Waals surface area contributed by atoms with Gasteiger partial charge < -0.3 is 10.1 Å². The molecule has 1 aliphatic rings. The number of hydrogen-bond acceptors (Lipinski definition) is 6. The van der Waals surface area contributed by atoms with Gasteiger partial charge in [-0.3, -0.25) is 15.0 Å². The van der Waals surface area contributed by atoms with Crippen molar-refractivity contribution in [2.24, 2.45) is 0 Å². The number of non-ortho nitro benzene ring substituents is 1. The summed E-state index contributed by atoms with van der Waals surface area (Å²) in [6.45, 7) is 3.21. The van der Waals surface area contributed by atoms with Gasteiger partial charge in [-0.15, -0.1) is 0 Å². The maximum absolute atomic E-state index is 13.3. The number of nitrogens with one attached hydrogen (secondary N) is 1. The molecular formula is C19H19FN4O3. The second-order valence-corrected chi connectivity index (χ2v) is 6.20. The standard InChI is InChI=1S/C19H19FN4O3/c20-16-3-1-14(2-4-16)19(23-7-9-27-10-8-23)13-22-18-6-5-17(24(25)26)11-15(18)12-21/h1-6,11,19,22H,7-10,13H2/t19-/m0/s1. The van der Waals surface area contributed by atoms with Crippen LogP contribution in [0, 0.1) is 27.3 Å². The first-order valence-electron chi connectivity index (χ1n) is 8.58. The maximum Gasteiger partial charge on any atom is 0.270 e. The fourth-order valence-electron chi connectivity index (χ4n) is 3.13. The van der Waals surface area contributed by atoms with Crippen LogP contribution in [0.3, 0.4) is 0 Å². The van der Waals surface area contributed by atoms with E-state index in [1.807, 2.05) is 6.07 Å². The van der Waals surface area contributed by atoms with Crippen molar-refractivity contribution < 1.29 is 14.1 Å². The molecule has 7 nitrogen and oxygen atoms in total. The van der Waals surface area contributed by atoms with E-state index in [2.05, 4.69) is 10.2 Å². The number of nitro benzene ring substituents is 1. The Balaban J connectivity index is 1.81. The van der Waals surface area contributed by atoms with E-state index >= 15 is 0 Å². The van der Waals surface area contributed by atoms with E-state index in [1.54, 1.807) is 12.1 Å². The molecule has 0 aliphatic carbocycles. The van der Waals surface area contributed by atoms with Gasteiger partial charge in [0, 0.05) is 31.8 Å². The highest BCUT2D eigenvalue weighted by atomic mass is 19.1. The summed E-state index contributed by atoms with van der Waals surface area (Å²) in [5, 5.41) is 23.4. The molecular weight excluding hydrogens is 351 g/mol. The third kappa shape index (κ3) is 4.58. The molecule has 1 fully saturated rings. The summed E-state index contributed by atoms with van der Waals surface area (Å²) in [6.07, 6.45) is 0. The van der Waals surface area contributed by atoms with Gasteiger partial charge in [0.25, 0.3) is 5.69 Å². The molecule has 0 radical (unpaired) electrons. The average molecular weight is 370 g/mol. The van der Waals surface area contributed by atoms with E-state index in [9.17, 15) is 19.8 Å². The Bertz CT molecular complexity index is 845. The summed E-state index contributed by atoms with van der Waals surface area (Å²) >= 11 is 0. The van der Waals surface area contributed by atoms with Crippen LogP contribution in [0.5, 0.6) is 0 Å². The lowest BCUT2D eigenvalue weighted by Gasteiger charge is -2.35. The molecule has 1 heterocycles. The van der Waals surface area contributed by atoms with Crippen molar-refractivity contribution >= 4 is 11.4 Å². The lowest BCUT2D eigenvalue weighted by molar-refractivity contribution is -0.384. The minimum absolute atomic E-state index is 0.0452. The lowest BCUT2D eigenvalue weighted by Crippen LogP contribution is -2.41. The molecule has 0 amide bonds. The predicted molar refractivity (Wildman–Crippen MR) is 97.8 cm³/mol. The number of anilines is 1. The second kappa shape index (κ2) is 8.58. The summed E-state index contributed by atoms with van der Waals surface area (Å²) in [5.74, 6) is -0.297. The first-order chi connectivity index (χ1) is 13.1. The fraction of sp³-hybridized carbons (Fsp3) is 0.316. The third-order valence-corrected chi connectivity index (χ3v) is 4.56. The van der Waals surface area contributed by atoms with E-state index in [0.717, 1.165) is 18.7 Å². The Morgan fingerprint density at radius 1 is 1.26 bits per heavy atom. The predicted octanol–water partition coefficient (Wildman–Crippen LogP) is 3.09. The number of rotatable bonds is 6. The van der Waals surface area contributed by atoms with Gasteiger partial charge in [-0.05, 0) is 23.8 Å². The molecule has 2 aromatic rings. The average Bonchev–Trinajstić information content (AvgIpc) is 2.70. The number of benzene rings is 2. The van der Waals surface area contributed by atoms with E-state index in [-0.39, 0.29) is 23.1 Å². The quantitative estimate of drug-likeness (QED) is 0.621. The van der Waals surface area contributed by atoms with Crippen molar-refractivity contribution in [3.8, 4) is 6.07 Å². The minimum atomic E-state index is -0.528. The number of nitriles is 1. The Hall–Kier alpha value is -3.02. The molecule has 8 heteroatoms. The second-order valence-electron chi connectivity index (χ2n) is 6.20. The van der Waals surface area contributed by atoms with Crippen LogP contribution in [0.4, 0.5) is 15.8 Å². The van der Waals surface area contributed by atoms with Crippen LogP contribution in [0.2, 0.25) is 0 Å². The van der Waals surface area contributed by atoms with Crippen molar-refractivity contribution in [3.63, 3.8) is 0 Å². The number of hydrogen-bond donors (Lipinski definition) is 1. The molecule has 140 valence electrons. The Kier molecular flexibility index (Phi) is 5.96. The van der Waals surface area contributed by atoms with E-state index in [1.165, 1.54) is 30.3 Å². The van der Waals surface area contributed by atoms with Crippen molar-refractivity contribution in [3.05, 3.63) is 69.5 Å². The number of nitrogens with zero attached hydrogens (tertiary/aromatic N) is 3. The zero-order valence-corrected chi connectivity index (χ0v) is 14.6. The highest BCUT2D eigenvalue weighted by Gasteiger charge is 2.23. The molecule has 3 rings (SSSR count). The molecule has 0 saturated carbocycles. The number of ether oxygens (including phenoxy) is 1. The first-order valence-corrected chi connectivity index (χ1v) is 8.58. The summed E-state index contributed by atoms with van der Waals surface area (Å²) in [7, 11) is 0. The van der Waals surface area contributed by atoms with Crippen LogP contribution in [0.1, 0.15) is 17.2 Å². The van der Waals surface area contributed by atoms with Crippen LogP contribution >= 0.6 is 0 Å². The monoisotopic (exact) mass is 370 g/mol. The van der Waals surface area contributed by atoms with Crippen LogP contribution in [0.15, 0.2) is 42.5 Å². The van der Waals surface area contributed by atoms with Crippen LogP contribution in [-0.4, -0.2) is 42.7 Å². The SMILES string of the molecule is N#Cc1cc([N+](=O)[O-])ccc1NC[C@@H](c1ccc(F)cc1)N1CCOCC1. The smallest absolute Gasteiger partial charge is 0.270 e. The van der Waals surface area contributed by atoms with E-state index < -0.39 is 4.92 Å². The number of halogens is 1. The first kappa shape index (κ1) is 18.8. The van der Waals surface area contributed by atoms with Gasteiger partial charge in [-0.25, -0.2) is 4.39 Å². The van der Waals surface area contributed by atoms with Gasteiger partial charge in [0.2, 0.25) is 0 Å². The van der Waals surface area contributed by atoms with Gasteiger partial charge in [0.05, 0.1) is 35.4 Å². The molecule has 0 spiro atoms. The third-order valence-electron chi connectivity index (χ3n) is 4.56. The molecule has 0 aromatic heterocycles. The number of nitro groups is 1. The highest BCUT2D eigenvalue weighted by Crippen LogP contribution is 2.26. The van der Waals surface area contributed by atoms with Crippen LogP contribution in [-0.2, 0) is 4.74 Å². The molecule has 1 saturated heterocycles. The fourth-order valence-corrected chi connectivity index (χ4v) is 3.13. The Morgan fingerprint density at radius 2 is 1.96 bits per heavy atom. The van der Waals surface area contributed by atoms with E-state index in [0.29, 0.717) is 25.4 Å². The summed E-state index contributed by atoms with van der Waals surface area (Å²) < 4.78 is 18.7. The Morgan fingerprint density at radius 3 is 2.59 bits per heavy atom. The lowest BCUT2D eigenvalue weighted by atomic mass is 10.0. The Labute approximate surface area is 156 Å². The van der Waals surface area contributed by atoms with Crippen molar-refractivity contribution in [1.82, 2.24) is 4.90 Å². The zero-order valence-electron chi connectivity index (χ0n) is 14.6. The van der Waals surface area contributed by atoms with Gasteiger partial charge in [-0.2, -0.15) is 5.26 Å². The molecule has 2 aromatic carbocycles. The van der Waals surface area contributed by atoms with E-state index in [4.69, 9.17) is 4.74 Å². The maximum atomic E-state index is 13.3. The van der Waals surface area contributed by atoms with Crippen molar-refractivity contribution in [1.29, 1.82) is 5.26 Å². The molecule has 0 bridgehead atoms. The van der Waals surface area contributed by atoms with Gasteiger partial charge in [0.15, 0.2) is 0 Å². The highest BCUT2D eigenvalue weighted by molar-refractivity contribution is 5.61. The van der Waals surface area contributed by atoms with Gasteiger partial charge >= 0.3 is 0 Å². The molecule has 1 aliphatic heterocycles. The summed E-state index contributed by atoms with van der Waals surface area (Å²) in [6, 6.07) is 12.5. The van der Waals surface area contributed by atoms with Crippen LogP contribution in [0.25, 0.3) is 0 Å². The van der Waals surface area contributed by atoms with Gasteiger partial charge in [0.1, 0.15) is 11.9 Å². The van der Waals surface area contributed by atoms with Gasteiger partial charge in [-0.1, -0.05) is 12.1 Å². The molecule has 1 N–H and O–H groups in total. The number of morpholine rings is 1. The summed E-state index contributed by atoms with van der Waals surface area (Å²) in [4.78, 5) is 12.6.